The molecule has 0 atom stereocenters. The minimum atomic E-state index is -0.766. The van der Waals surface area contributed by atoms with Gasteiger partial charge in [-0.15, -0.1) is 0 Å². The largest absolute Gasteiger partial charge is 0.481 e. The number of carbonyl (C=O) groups is 3. The summed E-state index contributed by atoms with van der Waals surface area (Å²) < 4.78 is 0. The topological polar surface area (TPSA) is 108 Å². The summed E-state index contributed by atoms with van der Waals surface area (Å²) in [5, 5.41) is 16.7. The normalized spacial score (nSPS) is 13.5. The van der Waals surface area contributed by atoms with Crippen LogP contribution in [0.25, 0.3) is 0 Å². The van der Waals surface area contributed by atoms with Gasteiger partial charge in [0.2, 0.25) is 5.91 Å². The summed E-state index contributed by atoms with van der Waals surface area (Å²) in [6, 6.07) is 0.0900. The smallest absolute Gasteiger partial charge is 0.314 e. The van der Waals surface area contributed by atoms with Crippen LogP contribution in [0.4, 0.5) is 4.79 Å². The summed E-state index contributed by atoms with van der Waals surface area (Å²) in [5.74, 6) is -0.783. The number of nitrogens with one attached hydrogen (secondary N) is 3. The maximum Gasteiger partial charge on any atom is 0.314 e. The van der Waals surface area contributed by atoms with Gasteiger partial charge in [0.25, 0.3) is 0 Å². The minimum Gasteiger partial charge on any atom is -0.481 e. The van der Waals surface area contributed by atoms with Gasteiger partial charge in [-0.25, -0.2) is 4.79 Å². The highest BCUT2D eigenvalue weighted by atomic mass is 16.4. The van der Waals surface area contributed by atoms with Crippen LogP contribution in [0, 0.1) is 0 Å². The van der Waals surface area contributed by atoms with Gasteiger partial charge in [-0.1, -0.05) is 12.8 Å². The molecule has 1 saturated carbocycles. The predicted octanol–water partition coefficient (Wildman–Crippen LogP) is 0.989. The third-order valence-electron chi connectivity index (χ3n) is 3.18. The van der Waals surface area contributed by atoms with E-state index in [0.29, 0.717) is 32.0 Å². The average Bonchev–Trinajstić information content (AvgIpc) is 3.21. The van der Waals surface area contributed by atoms with Crippen molar-refractivity contribution in [2.24, 2.45) is 0 Å². The Kier molecular flexibility index (Phi) is 8.23. The molecule has 0 aliphatic heterocycles. The molecule has 4 N–H and O–H groups in total. The average molecular weight is 299 g/mol. The first kappa shape index (κ1) is 17.3. The second kappa shape index (κ2) is 10.0. The first-order valence-electron chi connectivity index (χ1n) is 7.61. The van der Waals surface area contributed by atoms with E-state index >= 15 is 0 Å². The van der Waals surface area contributed by atoms with Crippen molar-refractivity contribution in [3.05, 3.63) is 0 Å². The van der Waals surface area contributed by atoms with Gasteiger partial charge in [0, 0.05) is 32.0 Å². The quantitative estimate of drug-likeness (QED) is 0.427. The van der Waals surface area contributed by atoms with Gasteiger partial charge in [-0.05, 0) is 25.7 Å². The molecular formula is C14H25N3O4. The maximum absolute atomic E-state index is 11.4. The molecule has 0 spiro atoms. The second-order valence-corrected chi connectivity index (χ2v) is 5.33. The number of carboxylic acids is 1. The molecule has 0 bridgehead atoms. The standard InChI is InChI=1S/C14H25N3O4/c18-12(17-11-6-7-11)8-10-16-14(21)15-9-4-2-1-3-5-13(19)20/h11H,1-10H2,(H,17,18)(H,19,20)(H2,15,16,21). The van der Waals surface area contributed by atoms with E-state index < -0.39 is 5.97 Å². The Bertz CT molecular complexity index is 356. The van der Waals surface area contributed by atoms with Gasteiger partial charge < -0.3 is 21.1 Å². The molecule has 120 valence electrons. The van der Waals surface area contributed by atoms with E-state index in [1.54, 1.807) is 0 Å². The molecule has 3 amide bonds. The number of rotatable bonds is 11. The van der Waals surface area contributed by atoms with Crippen LogP contribution in [0.3, 0.4) is 0 Å². The number of carboxylic acid groups (broad SMARTS) is 1. The Labute approximate surface area is 124 Å². The zero-order chi connectivity index (χ0) is 15.5. The summed E-state index contributed by atoms with van der Waals surface area (Å²) in [7, 11) is 0. The molecule has 0 unspecified atom stereocenters. The molecular weight excluding hydrogens is 274 g/mol. The Morgan fingerprint density at radius 3 is 2.24 bits per heavy atom. The fraction of sp³-hybridized carbons (Fsp3) is 0.786. The molecule has 7 nitrogen and oxygen atoms in total. The Morgan fingerprint density at radius 2 is 1.57 bits per heavy atom. The van der Waals surface area contributed by atoms with Crippen molar-refractivity contribution in [2.75, 3.05) is 13.1 Å². The molecule has 0 radical (unpaired) electrons. The highest BCUT2D eigenvalue weighted by molar-refractivity contribution is 5.78. The third-order valence-corrected chi connectivity index (χ3v) is 3.18. The number of unbranched alkanes of at least 4 members (excludes halogenated alkanes) is 3. The molecule has 0 aromatic heterocycles. The Balaban J connectivity index is 1.84. The van der Waals surface area contributed by atoms with E-state index in [0.717, 1.165) is 32.1 Å². The van der Waals surface area contributed by atoms with Crippen molar-refractivity contribution in [3.63, 3.8) is 0 Å². The number of aliphatic carboxylic acids is 1. The second-order valence-electron chi connectivity index (χ2n) is 5.33. The summed E-state index contributed by atoms with van der Waals surface area (Å²) >= 11 is 0. The summed E-state index contributed by atoms with van der Waals surface area (Å²) in [6.45, 7) is 0.899. The van der Waals surface area contributed by atoms with Crippen molar-refractivity contribution < 1.29 is 19.5 Å². The van der Waals surface area contributed by atoms with Crippen LogP contribution in [0.5, 0.6) is 0 Å². The summed E-state index contributed by atoms with van der Waals surface area (Å²) in [5.41, 5.74) is 0. The lowest BCUT2D eigenvalue weighted by atomic mass is 10.1. The number of carbonyl (C=O) groups excluding carboxylic acids is 2. The lowest BCUT2D eigenvalue weighted by Crippen LogP contribution is -2.38. The van der Waals surface area contributed by atoms with Crippen molar-refractivity contribution >= 4 is 17.9 Å². The lowest BCUT2D eigenvalue weighted by molar-refractivity contribution is -0.137. The van der Waals surface area contributed by atoms with Gasteiger partial charge in [0.05, 0.1) is 0 Å². The van der Waals surface area contributed by atoms with E-state index in [2.05, 4.69) is 16.0 Å². The number of urea groups is 1. The maximum atomic E-state index is 11.4. The number of hydrogen-bond donors (Lipinski definition) is 4. The van der Waals surface area contributed by atoms with Gasteiger partial charge in [-0.2, -0.15) is 0 Å². The SMILES string of the molecule is O=C(O)CCCCCCNC(=O)NCCC(=O)NC1CC1. The molecule has 0 saturated heterocycles. The van der Waals surface area contributed by atoms with Crippen LogP contribution in [0.15, 0.2) is 0 Å². The zero-order valence-electron chi connectivity index (χ0n) is 12.3. The van der Waals surface area contributed by atoms with Crippen LogP contribution < -0.4 is 16.0 Å². The molecule has 0 aromatic carbocycles. The van der Waals surface area contributed by atoms with Crippen LogP contribution in [-0.4, -0.2) is 42.1 Å². The molecule has 1 rings (SSSR count). The van der Waals surface area contributed by atoms with Gasteiger partial charge in [0.15, 0.2) is 0 Å². The van der Waals surface area contributed by atoms with Crippen molar-refractivity contribution in [1.82, 2.24) is 16.0 Å². The predicted molar refractivity (Wildman–Crippen MR) is 77.9 cm³/mol. The molecule has 1 aliphatic rings. The van der Waals surface area contributed by atoms with Crippen LogP contribution in [0.1, 0.15) is 51.4 Å². The molecule has 1 aliphatic carbocycles. The van der Waals surface area contributed by atoms with E-state index in [1.807, 2.05) is 0 Å². The molecule has 21 heavy (non-hydrogen) atoms. The molecule has 1 fully saturated rings. The van der Waals surface area contributed by atoms with Crippen molar-refractivity contribution in [2.45, 2.75) is 57.4 Å². The van der Waals surface area contributed by atoms with Gasteiger partial charge in [0.1, 0.15) is 0 Å². The Morgan fingerprint density at radius 1 is 0.905 bits per heavy atom. The third kappa shape index (κ3) is 10.6. The summed E-state index contributed by atoms with van der Waals surface area (Å²) in [4.78, 5) is 33.1. The first-order valence-corrected chi connectivity index (χ1v) is 7.61. The van der Waals surface area contributed by atoms with Gasteiger partial charge in [-0.3, -0.25) is 9.59 Å². The van der Waals surface area contributed by atoms with Crippen LogP contribution >= 0.6 is 0 Å². The first-order chi connectivity index (χ1) is 10.1. The molecule has 0 aromatic rings. The summed E-state index contributed by atoms with van der Waals surface area (Å²) in [6.07, 6.45) is 5.90. The highest BCUT2D eigenvalue weighted by Gasteiger charge is 2.22. The minimum absolute atomic E-state index is 0.0174. The fourth-order valence-corrected chi connectivity index (χ4v) is 1.84. The van der Waals surface area contributed by atoms with Crippen molar-refractivity contribution in [1.29, 1.82) is 0 Å². The Hall–Kier alpha value is -1.79. The molecule has 7 heteroatoms. The number of amides is 3. The van der Waals surface area contributed by atoms with Crippen LogP contribution in [-0.2, 0) is 9.59 Å². The van der Waals surface area contributed by atoms with E-state index in [4.69, 9.17) is 5.11 Å². The highest BCUT2D eigenvalue weighted by Crippen LogP contribution is 2.18. The lowest BCUT2D eigenvalue weighted by Gasteiger charge is -2.07. The zero-order valence-corrected chi connectivity index (χ0v) is 12.3. The van der Waals surface area contributed by atoms with Gasteiger partial charge >= 0.3 is 12.0 Å². The van der Waals surface area contributed by atoms with Crippen molar-refractivity contribution in [3.8, 4) is 0 Å². The van der Waals surface area contributed by atoms with E-state index in [9.17, 15) is 14.4 Å². The monoisotopic (exact) mass is 299 g/mol. The van der Waals surface area contributed by atoms with E-state index in [-0.39, 0.29) is 18.4 Å². The van der Waals surface area contributed by atoms with Crippen LogP contribution in [0.2, 0.25) is 0 Å². The number of hydrogen-bond acceptors (Lipinski definition) is 3. The molecule has 0 heterocycles. The van der Waals surface area contributed by atoms with E-state index in [1.165, 1.54) is 0 Å². The fourth-order valence-electron chi connectivity index (χ4n) is 1.84.